The Morgan fingerprint density at radius 3 is 2.94 bits per heavy atom. The van der Waals surface area contributed by atoms with Crippen molar-refractivity contribution >= 4 is 11.8 Å². The van der Waals surface area contributed by atoms with Crippen LogP contribution in [0.2, 0.25) is 0 Å². The molecule has 0 heterocycles. The van der Waals surface area contributed by atoms with Gasteiger partial charge in [-0.2, -0.15) is 17.0 Å². The fourth-order valence-corrected chi connectivity index (χ4v) is 1.78. The molecule has 0 aromatic heterocycles. The van der Waals surface area contributed by atoms with Crippen molar-refractivity contribution in [1.82, 2.24) is 0 Å². The number of nitrogens with zero attached hydrogens (tertiary/aromatic N) is 1. The third-order valence-corrected chi connectivity index (χ3v) is 2.95. The molecule has 0 aliphatic rings. The van der Waals surface area contributed by atoms with Crippen LogP contribution in [0.4, 0.5) is 4.39 Å². The average Bonchev–Trinajstić information content (AvgIpc) is 2.29. The lowest BCUT2D eigenvalue weighted by molar-refractivity contribution is 0.317. The van der Waals surface area contributed by atoms with Gasteiger partial charge in [0.05, 0.1) is 12.2 Å². The largest absolute Gasteiger partial charge is 0.493 e. The predicted octanol–water partition coefficient (Wildman–Crippen LogP) is 3.22. The van der Waals surface area contributed by atoms with Crippen molar-refractivity contribution in [2.24, 2.45) is 0 Å². The summed E-state index contributed by atoms with van der Waals surface area (Å²) in [5, 5.41) is 8.55. The average molecular weight is 239 g/mol. The Kier molecular flexibility index (Phi) is 5.73. The zero-order valence-electron chi connectivity index (χ0n) is 9.20. The van der Waals surface area contributed by atoms with Crippen molar-refractivity contribution in [3.05, 3.63) is 29.6 Å². The Bertz CT molecular complexity index is 376. The van der Waals surface area contributed by atoms with Gasteiger partial charge in [0, 0.05) is 6.07 Å². The number of thioether (sulfide) groups is 1. The standard InChI is InChI=1S/C12H14FNOS/c1-2-16-7-3-6-15-11-5-4-10(9-14)12(13)8-11/h4-5,8H,2-3,6-7H2,1H3. The molecule has 0 aliphatic heterocycles. The van der Waals surface area contributed by atoms with Crippen LogP contribution in [-0.2, 0) is 0 Å². The number of hydrogen-bond donors (Lipinski definition) is 0. The van der Waals surface area contributed by atoms with Crippen LogP contribution in [0, 0.1) is 17.1 Å². The van der Waals surface area contributed by atoms with Crippen molar-refractivity contribution in [2.45, 2.75) is 13.3 Å². The molecule has 0 fully saturated rings. The molecule has 0 bridgehead atoms. The van der Waals surface area contributed by atoms with E-state index in [2.05, 4.69) is 6.92 Å². The van der Waals surface area contributed by atoms with E-state index in [9.17, 15) is 4.39 Å². The zero-order chi connectivity index (χ0) is 11.8. The van der Waals surface area contributed by atoms with E-state index in [-0.39, 0.29) is 5.56 Å². The lowest BCUT2D eigenvalue weighted by Gasteiger charge is -2.06. The quantitative estimate of drug-likeness (QED) is 0.715. The smallest absolute Gasteiger partial charge is 0.144 e. The Morgan fingerprint density at radius 1 is 1.50 bits per heavy atom. The van der Waals surface area contributed by atoms with Crippen LogP contribution in [0.25, 0.3) is 0 Å². The van der Waals surface area contributed by atoms with Crippen molar-refractivity contribution in [3.63, 3.8) is 0 Å². The van der Waals surface area contributed by atoms with Gasteiger partial charge in [-0.3, -0.25) is 0 Å². The highest BCUT2D eigenvalue weighted by molar-refractivity contribution is 7.99. The molecule has 0 saturated carbocycles. The fraction of sp³-hybridized carbons (Fsp3) is 0.417. The van der Waals surface area contributed by atoms with Crippen LogP contribution in [0.1, 0.15) is 18.9 Å². The maximum Gasteiger partial charge on any atom is 0.144 e. The second-order valence-electron chi connectivity index (χ2n) is 3.15. The summed E-state index contributed by atoms with van der Waals surface area (Å²) in [4.78, 5) is 0. The highest BCUT2D eigenvalue weighted by atomic mass is 32.2. The van der Waals surface area contributed by atoms with Gasteiger partial charge < -0.3 is 4.74 Å². The topological polar surface area (TPSA) is 33.0 Å². The monoisotopic (exact) mass is 239 g/mol. The first kappa shape index (κ1) is 12.9. The van der Waals surface area contributed by atoms with Crippen LogP contribution in [0.5, 0.6) is 5.75 Å². The summed E-state index contributed by atoms with van der Waals surface area (Å²) in [7, 11) is 0. The normalized spacial score (nSPS) is 9.81. The summed E-state index contributed by atoms with van der Waals surface area (Å²) in [6, 6.07) is 6.08. The van der Waals surface area contributed by atoms with Crippen molar-refractivity contribution in [1.29, 1.82) is 5.26 Å². The molecule has 0 atom stereocenters. The van der Waals surface area contributed by atoms with Gasteiger partial charge in [-0.1, -0.05) is 6.92 Å². The molecule has 1 aromatic carbocycles. The summed E-state index contributed by atoms with van der Waals surface area (Å²) in [6.45, 7) is 2.69. The van der Waals surface area contributed by atoms with Crippen LogP contribution < -0.4 is 4.74 Å². The number of hydrogen-bond acceptors (Lipinski definition) is 3. The van der Waals surface area contributed by atoms with Crippen molar-refractivity contribution < 1.29 is 9.13 Å². The van der Waals surface area contributed by atoms with Gasteiger partial charge >= 0.3 is 0 Å². The summed E-state index contributed by atoms with van der Waals surface area (Å²) in [5.74, 6) is 2.11. The lowest BCUT2D eigenvalue weighted by Crippen LogP contribution is -1.99. The lowest BCUT2D eigenvalue weighted by atomic mass is 10.2. The van der Waals surface area contributed by atoms with E-state index in [1.807, 2.05) is 11.8 Å². The second kappa shape index (κ2) is 7.13. The van der Waals surface area contributed by atoms with Gasteiger partial charge in [0.15, 0.2) is 0 Å². The third-order valence-electron chi connectivity index (χ3n) is 1.97. The number of rotatable bonds is 6. The minimum Gasteiger partial charge on any atom is -0.493 e. The van der Waals surface area contributed by atoms with E-state index in [0.717, 1.165) is 17.9 Å². The van der Waals surface area contributed by atoms with E-state index >= 15 is 0 Å². The highest BCUT2D eigenvalue weighted by Crippen LogP contribution is 2.16. The van der Waals surface area contributed by atoms with E-state index in [4.69, 9.17) is 10.00 Å². The summed E-state index contributed by atoms with van der Waals surface area (Å²) in [6.07, 6.45) is 0.945. The predicted molar refractivity (Wildman–Crippen MR) is 64.2 cm³/mol. The van der Waals surface area contributed by atoms with Crippen LogP contribution in [0.15, 0.2) is 18.2 Å². The maximum absolute atomic E-state index is 13.2. The van der Waals surface area contributed by atoms with E-state index in [0.29, 0.717) is 12.4 Å². The van der Waals surface area contributed by atoms with Crippen LogP contribution in [-0.4, -0.2) is 18.1 Å². The Hall–Kier alpha value is -1.21. The number of benzene rings is 1. The summed E-state index contributed by atoms with van der Waals surface area (Å²) < 4.78 is 18.5. The molecule has 0 N–H and O–H groups in total. The van der Waals surface area contributed by atoms with Gasteiger partial charge in [-0.05, 0) is 30.1 Å². The SMILES string of the molecule is CCSCCCOc1ccc(C#N)c(F)c1. The molecule has 0 saturated heterocycles. The first-order valence-electron chi connectivity index (χ1n) is 5.18. The van der Waals surface area contributed by atoms with Crippen molar-refractivity contribution in [3.8, 4) is 11.8 Å². The van der Waals surface area contributed by atoms with Crippen LogP contribution in [0.3, 0.4) is 0 Å². The molecule has 86 valence electrons. The van der Waals surface area contributed by atoms with Crippen LogP contribution >= 0.6 is 11.8 Å². The Labute approximate surface area is 99.4 Å². The molecule has 0 spiro atoms. The number of halogens is 1. The summed E-state index contributed by atoms with van der Waals surface area (Å²) in [5.41, 5.74) is 0.0499. The molecule has 1 rings (SSSR count). The molecular formula is C12H14FNOS. The van der Waals surface area contributed by atoms with E-state index < -0.39 is 5.82 Å². The first-order valence-corrected chi connectivity index (χ1v) is 6.33. The first-order chi connectivity index (χ1) is 7.77. The third kappa shape index (κ3) is 4.11. The Balaban J connectivity index is 2.38. The molecule has 0 aliphatic carbocycles. The Morgan fingerprint density at radius 2 is 2.31 bits per heavy atom. The molecular weight excluding hydrogens is 225 g/mol. The van der Waals surface area contributed by atoms with Gasteiger partial charge in [-0.25, -0.2) is 4.39 Å². The highest BCUT2D eigenvalue weighted by Gasteiger charge is 2.02. The number of ether oxygens (including phenoxy) is 1. The van der Waals surface area contributed by atoms with Crippen molar-refractivity contribution in [2.75, 3.05) is 18.1 Å². The molecule has 0 amide bonds. The van der Waals surface area contributed by atoms with E-state index in [1.54, 1.807) is 12.1 Å². The molecule has 1 aromatic rings. The zero-order valence-corrected chi connectivity index (χ0v) is 10.0. The molecule has 4 heteroatoms. The minimum atomic E-state index is -0.525. The molecule has 16 heavy (non-hydrogen) atoms. The van der Waals surface area contributed by atoms with Gasteiger partial charge in [-0.15, -0.1) is 0 Å². The summed E-state index contributed by atoms with van der Waals surface area (Å²) >= 11 is 1.86. The van der Waals surface area contributed by atoms with E-state index in [1.165, 1.54) is 12.1 Å². The van der Waals surface area contributed by atoms with Gasteiger partial charge in [0.1, 0.15) is 17.6 Å². The molecule has 0 unspecified atom stereocenters. The maximum atomic E-state index is 13.2. The minimum absolute atomic E-state index is 0.0499. The molecule has 2 nitrogen and oxygen atoms in total. The fourth-order valence-electron chi connectivity index (χ4n) is 1.17. The number of nitriles is 1. The second-order valence-corrected chi connectivity index (χ2v) is 4.55. The van der Waals surface area contributed by atoms with Gasteiger partial charge in [0.25, 0.3) is 0 Å². The molecule has 0 radical (unpaired) electrons. The van der Waals surface area contributed by atoms with Gasteiger partial charge in [0.2, 0.25) is 0 Å².